The van der Waals surface area contributed by atoms with Gasteiger partial charge >= 0.3 is 5.97 Å². The molecule has 0 saturated heterocycles. The second-order valence-electron chi connectivity index (χ2n) is 11.5. The van der Waals surface area contributed by atoms with Crippen molar-refractivity contribution in [1.29, 1.82) is 0 Å². The molecule has 0 aromatic heterocycles. The highest BCUT2D eigenvalue weighted by molar-refractivity contribution is 5.97. The van der Waals surface area contributed by atoms with E-state index in [0.29, 0.717) is 12.2 Å². The molecule has 1 heterocycles. The number of fused-ring (bicyclic) bond motifs is 1. The largest absolute Gasteiger partial charge is 0.494 e. The van der Waals surface area contributed by atoms with E-state index in [1.54, 1.807) is 0 Å². The van der Waals surface area contributed by atoms with Crippen LogP contribution < -0.4 is 19.4 Å². The number of allylic oxidation sites excluding steroid dienone is 2. The molecule has 5 rings (SSSR count). The van der Waals surface area contributed by atoms with Crippen LogP contribution in [0, 0.1) is 0 Å². The van der Waals surface area contributed by atoms with Crippen LogP contribution in [0.4, 0.5) is 17.1 Å². The maximum Gasteiger partial charge on any atom is 0.340 e. The molecule has 1 aliphatic rings. The molecule has 0 aliphatic carbocycles. The van der Waals surface area contributed by atoms with Crippen molar-refractivity contribution in [2.75, 3.05) is 63.6 Å². The Hall–Kier alpha value is -4.97. The Morgan fingerprint density at radius 3 is 1.75 bits per heavy atom. The van der Waals surface area contributed by atoms with Crippen LogP contribution in [0.1, 0.15) is 39.5 Å². The van der Waals surface area contributed by atoms with Gasteiger partial charge in [0.05, 0.1) is 12.2 Å². The molecule has 0 N–H and O–H groups in total. The third-order valence-corrected chi connectivity index (χ3v) is 7.97. The average Bonchev–Trinajstić information content (AvgIpc) is 3.31. The summed E-state index contributed by atoms with van der Waals surface area (Å²) >= 11 is 0. The van der Waals surface area contributed by atoms with E-state index in [2.05, 4.69) is 64.4 Å². The van der Waals surface area contributed by atoms with Crippen LogP contribution in [0.15, 0.2) is 109 Å². The highest BCUT2D eigenvalue weighted by atomic mass is 16.6. The van der Waals surface area contributed by atoms with Gasteiger partial charge in [-0.05, 0) is 78.2 Å². The molecule has 0 fully saturated rings. The molecular weight excluding hydrogens is 546 g/mol. The van der Waals surface area contributed by atoms with Crippen molar-refractivity contribution >= 4 is 28.6 Å². The fourth-order valence-electron chi connectivity index (χ4n) is 5.48. The van der Waals surface area contributed by atoms with Crippen LogP contribution in [0.25, 0.3) is 5.57 Å². The van der Waals surface area contributed by atoms with Crippen molar-refractivity contribution in [2.24, 2.45) is 0 Å². The maximum atomic E-state index is 13.4. The Morgan fingerprint density at radius 2 is 1.25 bits per heavy atom. The van der Waals surface area contributed by atoms with Crippen molar-refractivity contribution in [1.82, 2.24) is 0 Å². The topological polar surface area (TPSA) is 45.3 Å². The lowest BCUT2D eigenvalue weighted by molar-refractivity contribution is 0.0275. The van der Waals surface area contributed by atoms with Gasteiger partial charge in [-0.15, -0.1) is 0 Å². The molecule has 4 aromatic rings. The van der Waals surface area contributed by atoms with Crippen molar-refractivity contribution < 1.29 is 14.3 Å². The lowest BCUT2D eigenvalue weighted by atomic mass is 9.84. The molecule has 226 valence electrons. The second kappa shape index (κ2) is 12.7. The predicted molar refractivity (Wildman–Crippen MR) is 182 cm³/mol. The molecule has 0 bridgehead atoms. The van der Waals surface area contributed by atoms with Gasteiger partial charge < -0.3 is 24.2 Å². The average molecular weight is 588 g/mol. The first-order valence-corrected chi connectivity index (χ1v) is 14.9. The molecule has 1 unspecified atom stereocenters. The van der Waals surface area contributed by atoms with E-state index in [4.69, 9.17) is 9.47 Å². The number of esters is 1. The molecule has 0 radical (unpaired) electrons. The first-order valence-electron chi connectivity index (χ1n) is 14.9. The summed E-state index contributed by atoms with van der Waals surface area (Å²) in [6.07, 6.45) is 6.10. The van der Waals surface area contributed by atoms with Gasteiger partial charge in [-0.25, -0.2) is 4.79 Å². The summed E-state index contributed by atoms with van der Waals surface area (Å²) in [5, 5.41) is 0. The van der Waals surface area contributed by atoms with E-state index in [0.717, 1.165) is 50.6 Å². The molecule has 44 heavy (non-hydrogen) atoms. The summed E-state index contributed by atoms with van der Waals surface area (Å²) in [5.41, 5.74) is 7.59. The highest BCUT2D eigenvalue weighted by Gasteiger charge is 2.45. The number of hydrogen-bond acceptors (Lipinski definition) is 6. The number of hydrogen-bond donors (Lipinski definition) is 0. The quantitative estimate of drug-likeness (QED) is 0.142. The lowest BCUT2D eigenvalue weighted by Gasteiger charge is -2.26. The van der Waals surface area contributed by atoms with Crippen LogP contribution in [0.3, 0.4) is 0 Å². The smallest absolute Gasteiger partial charge is 0.340 e. The minimum atomic E-state index is -1.09. The van der Waals surface area contributed by atoms with Gasteiger partial charge in [-0.1, -0.05) is 54.6 Å². The number of rotatable bonds is 10. The molecule has 0 spiro atoms. The van der Waals surface area contributed by atoms with Gasteiger partial charge in [0, 0.05) is 70.5 Å². The number of benzene rings is 4. The molecule has 0 saturated carbocycles. The number of anilines is 3. The summed E-state index contributed by atoms with van der Waals surface area (Å²) in [5.74, 6) is 0.428. The molecule has 6 nitrogen and oxygen atoms in total. The zero-order valence-corrected chi connectivity index (χ0v) is 26.7. The van der Waals surface area contributed by atoms with Gasteiger partial charge in [0.2, 0.25) is 0 Å². The summed E-state index contributed by atoms with van der Waals surface area (Å²) in [4.78, 5) is 19.6. The Labute approximate surface area is 261 Å². The van der Waals surface area contributed by atoms with Crippen LogP contribution in [0.2, 0.25) is 0 Å². The van der Waals surface area contributed by atoms with Crippen molar-refractivity contribution in [2.45, 2.75) is 12.5 Å². The lowest BCUT2D eigenvalue weighted by Crippen LogP contribution is -2.25. The number of ether oxygens (including phenoxy) is 2. The van der Waals surface area contributed by atoms with Gasteiger partial charge in [0.1, 0.15) is 5.75 Å². The first-order chi connectivity index (χ1) is 21.1. The number of carbonyl (C=O) groups is 1. The molecule has 4 aromatic carbocycles. The number of carbonyl (C=O) groups excluding carboxylic acids is 1. The van der Waals surface area contributed by atoms with E-state index >= 15 is 0 Å². The zero-order chi connectivity index (χ0) is 31.4. The number of cyclic esters (lactones) is 1. The Balaban J connectivity index is 1.64. The minimum Gasteiger partial charge on any atom is -0.494 e. The fourth-order valence-corrected chi connectivity index (χ4v) is 5.48. The third-order valence-electron chi connectivity index (χ3n) is 7.97. The summed E-state index contributed by atoms with van der Waals surface area (Å²) in [6.45, 7) is 2.54. The molecule has 6 heteroatoms. The highest BCUT2D eigenvalue weighted by Crippen LogP contribution is 2.45. The normalized spacial score (nSPS) is 15.5. The number of nitrogens with zero attached hydrogens (tertiary/aromatic N) is 3. The first kappa shape index (κ1) is 30.5. The monoisotopic (exact) mass is 587 g/mol. The van der Waals surface area contributed by atoms with Gasteiger partial charge in [0.25, 0.3) is 0 Å². The summed E-state index contributed by atoms with van der Waals surface area (Å²) in [7, 11) is 12.1. The fraction of sp³-hybridized carbons (Fsp3) is 0.237. The van der Waals surface area contributed by atoms with Crippen molar-refractivity contribution in [3.05, 3.63) is 137 Å². The van der Waals surface area contributed by atoms with E-state index < -0.39 is 5.60 Å². The van der Waals surface area contributed by atoms with Crippen molar-refractivity contribution in [3.63, 3.8) is 0 Å². The second-order valence-corrected chi connectivity index (χ2v) is 11.5. The molecule has 1 aliphatic heterocycles. The van der Waals surface area contributed by atoms with Crippen LogP contribution in [-0.2, 0) is 10.3 Å². The molecule has 1 atom stereocenters. The van der Waals surface area contributed by atoms with E-state index in [9.17, 15) is 4.79 Å². The van der Waals surface area contributed by atoms with Gasteiger partial charge in [-0.2, -0.15) is 0 Å². The van der Waals surface area contributed by atoms with Crippen LogP contribution in [-0.4, -0.2) is 54.9 Å². The minimum absolute atomic E-state index is 0.343. The van der Waals surface area contributed by atoms with E-state index in [-0.39, 0.29) is 5.97 Å². The molecule has 0 amide bonds. The Kier molecular flexibility index (Phi) is 8.81. The van der Waals surface area contributed by atoms with Gasteiger partial charge in [0.15, 0.2) is 5.60 Å². The van der Waals surface area contributed by atoms with E-state index in [1.165, 1.54) is 0 Å². The summed E-state index contributed by atoms with van der Waals surface area (Å²) in [6, 6.07) is 30.8. The predicted octanol–water partition coefficient (Wildman–Crippen LogP) is 7.39. The van der Waals surface area contributed by atoms with Crippen LogP contribution >= 0.6 is 0 Å². The van der Waals surface area contributed by atoms with Crippen molar-refractivity contribution in [3.8, 4) is 5.75 Å². The van der Waals surface area contributed by atoms with Crippen LogP contribution in [0.5, 0.6) is 5.75 Å². The maximum absolute atomic E-state index is 13.4. The van der Waals surface area contributed by atoms with E-state index in [1.807, 2.05) is 109 Å². The Morgan fingerprint density at radius 1 is 0.727 bits per heavy atom. The third kappa shape index (κ3) is 6.06. The Bertz CT molecular complexity index is 1610. The molecular formula is C38H41N3O3. The summed E-state index contributed by atoms with van der Waals surface area (Å²) < 4.78 is 12.0. The van der Waals surface area contributed by atoms with Gasteiger partial charge in [-0.3, -0.25) is 0 Å². The standard InChI is InChI=1S/C38H41N3O3/c1-8-43-33-22-15-29(16-23-33)38(36-24-21-32(41(6)7)26-35(36)37(42)44-38)25-9-10-34(27-11-17-30(18-12-27)39(2)3)28-13-19-31(20-14-28)40(4)5/h9-26H,8H2,1-7H3. The SMILES string of the molecule is CCOc1ccc(C2(C=CC=C(c3ccc(N(C)C)cc3)c3ccc(N(C)C)cc3)OC(=O)c3cc(N(C)C)ccc32)cc1. The zero-order valence-electron chi connectivity index (χ0n) is 26.7.